The van der Waals surface area contributed by atoms with E-state index >= 15 is 0 Å². The SMILES string of the molecule is CN(C)CCN(C(=O)C(=O)NCc1ccc(Cl)cc1)C1CCS(=O)(=O)C1. The van der Waals surface area contributed by atoms with Crippen LogP contribution < -0.4 is 5.32 Å². The average Bonchev–Trinajstić information content (AvgIpc) is 2.93. The van der Waals surface area contributed by atoms with Crippen molar-refractivity contribution in [2.24, 2.45) is 0 Å². The first-order valence-electron chi connectivity index (χ1n) is 8.36. The van der Waals surface area contributed by atoms with Crippen LogP contribution in [0.15, 0.2) is 24.3 Å². The minimum Gasteiger partial charge on any atom is -0.344 e. The molecule has 1 atom stereocenters. The van der Waals surface area contributed by atoms with Gasteiger partial charge in [-0.05, 0) is 38.2 Å². The standard InChI is InChI=1S/C17H24ClN3O4S/c1-20(2)8-9-21(15-7-10-26(24,25)12-15)17(23)16(22)19-11-13-3-5-14(18)6-4-13/h3-6,15H,7-12H2,1-2H3,(H,19,22). The van der Waals surface area contributed by atoms with E-state index in [9.17, 15) is 18.0 Å². The number of amides is 2. The van der Waals surface area contributed by atoms with E-state index < -0.39 is 27.7 Å². The van der Waals surface area contributed by atoms with Crippen LogP contribution in [0, 0.1) is 0 Å². The number of sulfone groups is 1. The maximum atomic E-state index is 12.6. The molecule has 2 amide bonds. The van der Waals surface area contributed by atoms with E-state index in [0.29, 0.717) is 24.5 Å². The molecule has 2 rings (SSSR count). The van der Waals surface area contributed by atoms with Gasteiger partial charge in [0.25, 0.3) is 0 Å². The molecule has 1 aromatic rings. The fourth-order valence-corrected chi connectivity index (χ4v) is 4.63. The lowest BCUT2D eigenvalue weighted by Gasteiger charge is -2.28. The van der Waals surface area contributed by atoms with Gasteiger partial charge in [-0.25, -0.2) is 8.42 Å². The summed E-state index contributed by atoms with van der Waals surface area (Å²) in [7, 11) is 0.562. The highest BCUT2D eigenvalue weighted by atomic mass is 35.5. The summed E-state index contributed by atoms with van der Waals surface area (Å²) >= 11 is 5.82. The Balaban J connectivity index is 2.01. The van der Waals surface area contributed by atoms with Crippen molar-refractivity contribution in [1.29, 1.82) is 0 Å². The van der Waals surface area contributed by atoms with Gasteiger partial charge in [0.05, 0.1) is 11.5 Å². The molecule has 0 aromatic heterocycles. The molecule has 144 valence electrons. The Kier molecular flexibility index (Phi) is 7.02. The van der Waals surface area contributed by atoms with Gasteiger partial charge in [0, 0.05) is 30.7 Å². The summed E-state index contributed by atoms with van der Waals surface area (Å²) in [6, 6.07) is 6.49. The summed E-state index contributed by atoms with van der Waals surface area (Å²) in [4.78, 5) is 28.2. The molecule has 1 aromatic carbocycles. The number of rotatable bonds is 6. The summed E-state index contributed by atoms with van der Waals surface area (Å²) in [6.45, 7) is 1.05. The quantitative estimate of drug-likeness (QED) is 0.703. The molecule has 26 heavy (non-hydrogen) atoms. The zero-order valence-electron chi connectivity index (χ0n) is 14.9. The highest BCUT2D eigenvalue weighted by Crippen LogP contribution is 2.18. The van der Waals surface area contributed by atoms with Gasteiger partial charge >= 0.3 is 11.8 Å². The highest BCUT2D eigenvalue weighted by Gasteiger charge is 2.36. The summed E-state index contributed by atoms with van der Waals surface area (Å²) in [5, 5.41) is 3.19. The van der Waals surface area contributed by atoms with Crippen LogP contribution in [0.4, 0.5) is 0 Å². The number of halogens is 1. The van der Waals surface area contributed by atoms with Gasteiger partial charge in [-0.15, -0.1) is 0 Å². The van der Waals surface area contributed by atoms with Crippen molar-refractivity contribution in [1.82, 2.24) is 15.1 Å². The van der Waals surface area contributed by atoms with Gasteiger partial charge in [-0.3, -0.25) is 9.59 Å². The number of carbonyl (C=O) groups excluding carboxylic acids is 2. The van der Waals surface area contributed by atoms with Gasteiger partial charge in [-0.1, -0.05) is 23.7 Å². The predicted molar refractivity (Wildman–Crippen MR) is 101 cm³/mol. The topological polar surface area (TPSA) is 86.8 Å². The molecule has 9 heteroatoms. The van der Waals surface area contributed by atoms with E-state index in [1.54, 1.807) is 24.3 Å². The van der Waals surface area contributed by atoms with Crippen molar-refractivity contribution >= 4 is 33.3 Å². The van der Waals surface area contributed by atoms with Crippen LogP contribution in [-0.2, 0) is 26.0 Å². The van der Waals surface area contributed by atoms with Crippen molar-refractivity contribution in [2.45, 2.75) is 19.0 Å². The largest absolute Gasteiger partial charge is 0.344 e. The lowest BCUT2D eigenvalue weighted by atomic mass is 10.2. The molecule has 1 N–H and O–H groups in total. The molecule has 0 aliphatic carbocycles. The normalized spacial score (nSPS) is 18.7. The van der Waals surface area contributed by atoms with Crippen LogP contribution in [-0.4, -0.2) is 74.8 Å². The molecule has 0 spiro atoms. The maximum Gasteiger partial charge on any atom is 0.312 e. The number of likely N-dealkylation sites (N-methyl/N-ethyl adjacent to an activating group) is 1. The monoisotopic (exact) mass is 401 g/mol. The smallest absolute Gasteiger partial charge is 0.312 e. The van der Waals surface area contributed by atoms with Crippen LogP contribution in [0.5, 0.6) is 0 Å². The number of nitrogens with zero attached hydrogens (tertiary/aromatic N) is 2. The number of carbonyl (C=O) groups is 2. The third-order valence-corrected chi connectivity index (χ3v) is 6.26. The lowest BCUT2D eigenvalue weighted by molar-refractivity contribution is -0.147. The summed E-state index contributed by atoms with van der Waals surface area (Å²) in [5.41, 5.74) is 0.818. The van der Waals surface area contributed by atoms with Crippen LogP contribution in [0.25, 0.3) is 0 Å². The van der Waals surface area contributed by atoms with E-state index in [0.717, 1.165) is 5.56 Å². The summed E-state index contributed by atoms with van der Waals surface area (Å²) < 4.78 is 23.5. The minimum absolute atomic E-state index is 0.0514. The van der Waals surface area contributed by atoms with Crippen LogP contribution in [0.2, 0.25) is 5.02 Å². The Labute approximate surface area is 159 Å². The zero-order chi connectivity index (χ0) is 19.3. The van der Waals surface area contributed by atoms with E-state index in [2.05, 4.69) is 5.32 Å². The molecular formula is C17H24ClN3O4S. The van der Waals surface area contributed by atoms with Crippen molar-refractivity contribution in [2.75, 3.05) is 38.7 Å². The first kappa shape index (κ1) is 20.7. The predicted octanol–water partition coefficient (Wildman–Crippen LogP) is 0.534. The third kappa shape index (κ3) is 5.96. The fraction of sp³-hybridized carbons (Fsp3) is 0.529. The molecule has 1 unspecified atom stereocenters. The molecule has 0 saturated carbocycles. The van der Waals surface area contributed by atoms with Crippen molar-refractivity contribution in [3.63, 3.8) is 0 Å². The maximum absolute atomic E-state index is 12.6. The van der Waals surface area contributed by atoms with Crippen LogP contribution >= 0.6 is 11.6 Å². The summed E-state index contributed by atoms with van der Waals surface area (Å²) in [5.74, 6) is -1.46. The Morgan fingerprint density at radius 3 is 2.38 bits per heavy atom. The Hall–Kier alpha value is -1.64. The number of hydrogen-bond donors (Lipinski definition) is 1. The molecule has 7 nitrogen and oxygen atoms in total. The number of benzene rings is 1. The molecule has 1 aliphatic rings. The lowest BCUT2D eigenvalue weighted by Crippen LogP contribution is -2.50. The average molecular weight is 402 g/mol. The van der Waals surface area contributed by atoms with Crippen molar-refractivity contribution in [3.8, 4) is 0 Å². The second-order valence-electron chi connectivity index (χ2n) is 6.67. The second-order valence-corrected chi connectivity index (χ2v) is 9.33. The first-order chi connectivity index (χ1) is 12.2. The van der Waals surface area contributed by atoms with E-state index in [4.69, 9.17) is 11.6 Å². The molecule has 1 saturated heterocycles. The van der Waals surface area contributed by atoms with Crippen LogP contribution in [0.3, 0.4) is 0 Å². The molecular weight excluding hydrogens is 378 g/mol. The zero-order valence-corrected chi connectivity index (χ0v) is 16.5. The molecule has 0 bridgehead atoms. The first-order valence-corrected chi connectivity index (χ1v) is 10.6. The van der Waals surface area contributed by atoms with E-state index in [1.807, 2.05) is 19.0 Å². The second kappa shape index (κ2) is 8.83. The summed E-state index contributed by atoms with van der Waals surface area (Å²) in [6.07, 6.45) is 0.367. The van der Waals surface area contributed by atoms with Gasteiger partial charge in [0.1, 0.15) is 0 Å². The fourth-order valence-electron chi connectivity index (χ4n) is 2.77. The number of hydrogen-bond acceptors (Lipinski definition) is 5. The van der Waals surface area contributed by atoms with Gasteiger partial charge < -0.3 is 15.1 Å². The Morgan fingerprint density at radius 2 is 1.85 bits per heavy atom. The Bertz CT molecular complexity index is 750. The van der Waals surface area contributed by atoms with Gasteiger partial charge in [0.15, 0.2) is 9.84 Å². The minimum atomic E-state index is -3.15. The number of nitrogens with one attached hydrogen (secondary N) is 1. The van der Waals surface area contributed by atoms with E-state index in [-0.39, 0.29) is 18.1 Å². The van der Waals surface area contributed by atoms with Crippen LogP contribution in [0.1, 0.15) is 12.0 Å². The molecule has 1 fully saturated rings. The van der Waals surface area contributed by atoms with E-state index in [1.165, 1.54) is 4.90 Å². The Morgan fingerprint density at radius 1 is 1.19 bits per heavy atom. The molecule has 1 aliphatic heterocycles. The van der Waals surface area contributed by atoms with Crippen molar-refractivity contribution in [3.05, 3.63) is 34.9 Å². The highest BCUT2D eigenvalue weighted by molar-refractivity contribution is 7.91. The third-order valence-electron chi connectivity index (χ3n) is 4.26. The van der Waals surface area contributed by atoms with Gasteiger partial charge in [-0.2, -0.15) is 0 Å². The van der Waals surface area contributed by atoms with Crippen molar-refractivity contribution < 1.29 is 18.0 Å². The molecule has 1 heterocycles. The van der Waals surface area contributed by atoms with Gasteiger partial charge in [0.2, 0.25) is 0 Å². The molecule has 0 radical (unpaired) electrons.